The van der Waals surface area contributed by atoms with E-state index in [1.165, 1.54) is 26.4 Å². The molecule has 9 heteroatoms. The van der Waals surface area contributed by atoms with Gasteiger partial charge >= 0.3 is 0 Å². The van der Waals surface area contributed by atoms with Crippen LogP contribution in [0.25, 0.3) is 12.2 Å². The van der Waals surface area contributed by atoms with Crippen LogP contribution < -0.4 is 14.4 Å². The number of carbonyl (C=O) groups is 1. The van der Waals surface area contributed by atoms with E-state index in [0.29, 0.717) is 33.4 Å². The van der Waals surface area contributed by atoms with E-state index in [4.69, 9.17) is 26.1 Å². The van der Waals surface area contributed by atoms with Crippen molar-refractivity contribution in [2.45, 2.75) is 10.9 Å². The molecule has 0 amide bonds. The van der Waals surface area contributed by atoms with Crippen LogP contribution >= 0.6 is 23.4 Å². The minimum absolute atomic E-state index is 0.0131. The number of anilines is 1. The normalized spacial score (nSPS) is 15.8. The van der Waals surface area contributed by atoms with Gasteiger partial charge in [0.15, 0.2) is 33.9 Å². The minimum atomic E-state index is -0.503. The number of ether oxygens (including phenoxy) is 2. The van der Waals surface area contributed by atoms with Crippen molar-refractivity contribution in [3.63, 3.8) is 0 Å². The van der Waals surface area contributed by atoms with Gasteiger partial charge in [-0.1, -0.05) is 60.2 Å². The van der Waals surface area contributed by atoms with Gasteiger partial charge in [-0.3, -0.25) is 4.79 Å². The Morgan fingerprint density at radius 2 is 1.50 bits per heavy atom. The number of ketones is 1. The first-order valence-electron chi connectivity index (χ1n) is 13.6. The Balaban J connectivity index is 1.51. The second kappa shape index (κ2) is 12.4. The first kappa shape index (κ1) is 29.2. The zero-order chi connectivity index (χ0) is 30.8. The summed E-state index contributed by atoms with van der Waals surface area (Å²) in [4.78, 5) is 22.4. The van der Waals surface area contributed by atoms with Gasteiger partial charge in [-0.25, -0.2) is 4.99 Å². The molecule has 4 aromatic carbocycles. The highest BCUT2D eigenvalue weighted by molar-refractivity contribution is 8.14. The first-order valence-corrected chi connectivity index (χ1v) is 14.8. The molecule has 4 aromatic rings. The average Bonchev–Trinajstić information content (AvgIpc) is 3.41. The molecule has 6 rings (SSSR count). The second-order valence-electron chi connectivity index (χ2n) is 9.98. The fraction of sp³-hybridized carbons (Fsp3) is 0.0857. The molecule has 0 saturated carbocycles. The summed E-state index contributed by atoms with van der Waals surface area (Å²) >= 11 is 7.82. The van der Waals surface area contributed by atoms with Gasteiger partial charge in [-0.15, -0.1) is 0 Å². The van der Waals surface area contributed by atoms with Crippen LogP contribution in [-0.4, -0.2) is 35.4 Å². The van der Waals surface area contributed by atoms with Crippen LogP contribution in [0.2, 0.25) is 5.02 Å². The molecule has 44 heavy (non-hydrogen) atoms. The highest BCUT2D eigenvalue weighted by Gasteiger charge is 2.41. The van der Waals surface area contributed by atoms with Crippen molar-refractivity contribution in [2.24, 2.45) is 4.99 Å². The lowest BCUT2D eigenvalue weighted by Crippen LogP contribution is -2.36. The fourth-order valence-electron chi connectivity index (χ4n) is 5.13. The monoisotopic (exact) mass is 622 g/mol. The van der Waals surface area contributed by atoms with Gasteiger partial charge in [0, 0.05) is 9.92 Å². The third-order valence-corrected chi connectivity index (χ3v) is 8.56. The lowest BCUT2D eigenvalue weighted by molar-refractivity contribution is -0.111. The number of phenols is 2. The lowest BCUT2D eigenvalue weighted by Gasteiger charge is -2.35. The number of halogens is 1. The molecular weight excluding hydrogens is 596 g/mol. The predicted molar refractivity (Wildman–Crippen MR) is 176 cm³/mol. The number of carbonyl (C=O) groups excluding carboxylic acids is 1. The number of benzene rings is 4. The molecular formula is C35H27ClN2O5S. The molecule has 7 nitrogen and oxygen atoms in total. The average molecular weight is 623 g/mol. The topological polar surface area (TPSA) is 91.6 Å². The summed E-state index contributed by atoms with van der Waals surface area (Å²) in [6.45, 7) is 0. The van der Waals surface area contributed by atoms with E-state index >= 15 is 0 Å². The zero-order valence-corrected chi connectivity index (χ0v) is 25.3. The van der Waals surface area contributed by atoms with E-state index in [-0.39, 0.29) is 17.3 Å². The van der Waals surface area contributed by atoms with E-state index < -0.39 is 6.04 Å². The number of rotatable bonds is 8. The summed E-state index contributed by atoms with van der Waals surface area (Å²) in [6.07, 6.45) is 6.85. The third kappa shape index (κ3) is 5.69. The molecule has 0 aromatic heterocycles. The largest absolute Gasteiger partial charge is 0.504 e. The molecule has 2 heterocycles. The van der Waals surface area contributed by atoms with Crippen molar-refractivity contribution in [2.75, 3.05) is 19.1 Å². The molecule has 0 saturated heterocycles. The van der Waals surface area contributed by atoms with Crippen LogP contribution in [0.1, 0.15) is 22.7 Å². The van der Waals surface area contributed by atoms with E-state index in [0.717, 1.165) is 26.9 Å². The Bertz CT molecular complexity index is 1880. The van der Waals surface area contributed by atoms with Crippen LogP contribution in [0, 0.1) is 0 Å². The smallest absolute Gasteiger partial charge is 0.186 e. The molecule has 0 radical (unpaired) electrons. The maximum atomic E-state index is 14.3. The standard InChI is InChI=1S/C35H27ClN2O5S/c1-42-30-19-21(8-16-27(30)39)7-15-25-33(29(41)18-10-22-9-17-28(40)31(20-22)43-2)34(23-11-13-24(36)14-12-23)38-26-5-3-4-6-32(26)44-35(38)37-25/h3-20,34,39-40H,1-2H3/b15-7+,18-10+. The highest BCUT2D eigenvalue weighted by Crippen LogP contribution is 2.50. The molecule has 1 atom stereocenters. The van der Waals surface area contributed by atoms with E-state index in [2.05, 4.69) is 4.90 Å². The summed E-state index contributed by atoms with van der Waals surface area (Å²) in [5.41, 5.74) is 4.25. The molecule has 220 valence electrons. The second-order valence-corrected chi connectivity index (χ2v) is 11.4. The fourth-order valence-corrected chi connectivity index (χ4v) is 6.32. The molecule has 2 N–H and O–H groups in total. The Hall–Kier alpha value is -4.92. The number of amidine groups is 1. The quantitative estimate of drug-likeness (QED) is 0.192. The molecule has 2 aliphatic heterocycles. The molecule has 0 aliphatic carbocycles. The maximum absolute atomic E-state index is 14.3. The van der Waals surface area contributed by atoms with Crippen molar-refractivity contribution >= 4 is 52.2 Å². The number of allylic oxidation sites excluding steroid dienone is 2. The van der Waals surface area contributed by atoms with E-state index in [1.54, 1.807) is 48.2 Å². The van der Waals surface area contributed by atoms with Gasteiger partial charge in [0.25, 0.3) is 0 Å². The summed E-state index contributed by atoms with van der Waals surface area (Å²) < 4.78 is 10.5. The van der Waals surface area contributed by atoms with Crippen LogP contribution in [0.5, 0.6) is 23.0 Å². The van der Waals surface area contributed by atoms with E-state index in [9.17, 15) is 15.0 Å². The summed E-state index contributed by atoms with van der Waals surface area (Å²) in [5, 5.41) is 21.4. The Labute approximate surface area is 264 Å². The van der Waals surface area contributed by atoms with Crippen LogP contribution in [0.15, 0.2) is 118 Å². The van der Waals surface area contributed by atoms with Gasteiger partial charge in [0.05, 0.1) is 37.2 Å². The van der Waals surface area contributed by atoms with Gasteiger partial charge in [-0.2, -0.15) is 0 Å². The minimum Gasteiger partial charge on any atom is -0.504 e. The van der Waals surface area contributed by atoms with Gasteiger partial charge in [0.2, 0.25) is 0 Å². The van der Waals surface area contributed by atoms with Crippen molar-refractivity contribution in [1.29, 1.82) is 0 Å². The van der Waals surface area contributed by atoms with Crippen molar-refractivity contribution in [1.82, 2.24) is 0 Å². The molecule has 0 spiro atoms. The number of thioether (sulfide) groups is 1. The lowest BCUT2D eigenvalue weighted by atomic mass is 9.90. The Kier molecular flexibility index (Phi) is 8.19. The van der Waals surface area contributed by atoms with Gasteiger partial charge < -0.3 is 24.6 Å². The molecule has 1 unspecified atom stereocenters. The van der Waals surface area contributed by atoms with Crippen LogP contribution in [0.4, 0.5) is 5.69 Å². The summed E-state index contributed by atoms with van der Waals surface area (Å²) in [6, 6.07) is 24.9. The number of aromatic hydroxyl groups is 2. The summed E-state index contributed by atoms with van der Waals surface area (Å²) in [5.74, 6) is 0.457. The van der Waals surface area contributed by atoms with Crippen molar-refractivity contribution in [3.8, 4) is 23.0 Å². The number of para-hydroxylation sites is 1. The maximum Gasteiger partial charge on any atom is 0.186 e. The number of fused-ring (bicyclic) bond motifs is 3. The zero-order valence-electron chi connectivity index (χ0n) is 23.8. The highest BCUT2D eigenvalue weighted by atomic mass is 35.5. The SMILES string of the molecule is COc1cc(/C=C/C(=O)C2=C(/C=C/c3ccc(O)c(OC)c3)N=C3Sc4ccccc4N3C2c2ccc(Cl)cc2)ccc1O. The number of nitrogens with zero attached hydrogens (tertiary/aromatic N) is 2. The Morgan fingerprint density at radius 1 is 0.864 bits per heavy atom. The number of aliphatic imine (C=N–C) groups is 1. The van der Waals surface area contributed by atoms with Crippen molar-refractivity contribution < 1.29 is 24.5 Å². The third-order valence-electron chi connectivity index (χ3n) is 7.28. The number of methoxy groups -OCH3 is 2. The molecule has 2 aliphatic rings. The van der Waals surface area contributed by atoms with E-state index in [1.807, 2.05) is 60.7 Å². The summed E-state index contributed by atoms with van der Waals surface area (Å²) in [7, 11) is 2.96. The number of hydrogen-bond donors (Lipinski definition) is 2. The van der Waals surface area contributed by atoms with Gasteiger partial charge in [-0.05, 0) is 89.1 Å². The van der Waals surface area contributed by atoms with Crippen LogP contribution in [-0.2, 0) is 4.79 Å². The first-order chi connectivity index (χ1) is 21.4. The van der Waals surface area contributed by atoms with Gasteiger partial charge in [0.1, 0.15) is 0 Å². The number of phenolic OH excluding ortho intramolecular Hbond substituents is 2. The molecule has 0 fully saturated rings. The van der Waals surface area contributed by atoms with Crippen molar-refractivity contribution in [3.05, 3.63) is 130 Å². The van der Waals surface area contributed by atoms with Crippen LogP contribution in [0.3, 0.4) is 0 Å². The predicted octanol–water partition coefficient (Wildman–Crippen LogP) is 8.04. The number of hydrogen-bond acceptors (Lipinski definition) is 8. The molecule has 0 bridgehead atoms. The Morgan fingerprint density at radius 3 is 2.16 bits per heavy atom.